The molecule has 1 aliphatic carbocycles. The van der Waals surface area contributed by atoms with Gasteiger partial charge in [-0.05, 0) is 42.7 Å². The number of benzene rings is 2. The summed E-state index contributed by atoms with van der Waals surface area (Å²) in [6.07, 6.45) is 2.12. The number of hydrogen-bond donors (Lipinski definition) is 1. The molecule has 24 heavy (non-hydrogen) atoms. The van der Waals surface area contributed by atoms with Crippen molar-refractivity contribution < 1.29 is 9.18 Å². The third kappa shape index (κ3) is 3.54. The first kappa shape index (κ1) is 16.0. The van der Waals surface area contributed by atoms with Crippen molar-refractivity contribution in [2.75, 3.05) is 11.9 Å². The monoisotopic (exact) mass is 323 g/mol. The lowest BCUT2D eigenvalue weighted by Gasteiger charge is -2.21. The predicted molar refractivity (Wildman–Crippen MR) is 90.2 cm³/mol. The van der Waals surface area contributed by atoms with Crippen LogP contribution in [0, 0.1) is 17.1 Å². The molecular formula is C19H18FN3O. The minimum atomic E-state index is -0.519. The Bertz CT molecular complexity index is 791. The van der Waals surface area contributed by atoms with E-state index < -0.39 is 5.82 Å². The first-order chi connectivity index (χ1) is 11.6. The molecule has 0 atom stereocenters. The lowest BCUT2D eigenvalue weighted by atomic mass is 10.1. The summed E-state index contributed by atoms with van der Waals surface area (Å²) < 4.78 is 13.7. The van der Waals surface area contributed by atoms with E-state index in [0.29, 0.717) is 23.8 Å². The highest BCUT2D eigenvalue weighted by Gasteiger charge is 2.23. The maximum absolute atomic E-state index is 13.7. The average molecular weight is 323 g/mol. The number of halogens is 1. The van der Waals surface area contributed by atoms with E-state index in [9.17, 15) is 9.18 Å². The van der Waals surface area contributed by atoms with Crippen LogP contribution in [0.15, 0.2) is 42.5 Å². The van der Waals surface area contributed by atoms with E-state index in [1.54, 1.807) is 24.3 Å². The number of nitriles is 1. The Morgan fingerprint density at radius 3 is 2.62 bits per heavy atom. The van der Waals surface area contributed by atoms with Crippen molar-refractivity contribution in [2.45, 2.75) is 25.4 Å². The van der Waals surface area contributed by atoms with E-state index in [1.807, 2.05) is 30.1 Å². The summed E-state index contributed by atoms with van der Waals surface area (Å²) in [7, 11) is 1.81. The molecule has 0 saturated heterocycles. The highest BCUT2D eigenvalue weighted by molar-refractivity contribution is 5.94. The number of carbonyl (C=O) groups is 1. The minimum absolute atomic E-state index is 0.0421. The second kappa shape index (κ2) is 6.71. The lowest BCUT2D eigenvalue weighted by Crippen LogP contribution is -2.25. The van der Waals surface area contributed by atoms with E-state index in [-0.39, 0.29) is 11.5 Å². The largest absolute Gasteiger partial charge is 0.369 e. The van der Waals surface area contributed by atoms with E-state index >= 15 is 0 Å². The zero-order valence-corrected chi connectivity index (χ0v) is 13.4. The summed E-state index contributed by atoms with van der Waals surface area (Å²) in [6.45, 7) is 0.517. The number of rotatable bonds is 5. The van der Waals surface area contributed by atoms with Crippen LogP contribution in [0.25, 0.3) is 0 Å². The quantitative estimate of drug-likeness (QED) is 0.919. The summed E-state index contributed by atoms with van der Waals surface area (Å²) >= 11 is 0. The molecule has 122 valence electrons. The number of hydrogen-bond acceptors (Lipinski definition) is 3. The predicted octanol–water partition coefficient (Wildman–Crippen LogP) is 3.23. The molecule has 5 heteroatoms. The van der Waals surface area contributed by atoms with Gasteiger partial charge in [-0.15, -0.1) is 0 Å². The Kier molecular flexibility index (Phi) is 4.48. The topological polar surface area (TPSA) is 56.1 Å². The van der Waals surface area contributed by atoms with Gasteiger partial charge >= 0.3 is 0 Å². The molecule has 0 radical (unpaired) electrons. The van der Waals surface area contributed by atoms with Gasteiger partial charge in [0.05, 0.1) is 5.69 Å². The Balaban J connectivity index is 1.70. The smallest absolute Gasteiger partial charge is 0.251 e. The molecular weight excluding hydrogens is 305 g/mol. The summed E-state index contributed by atoms with van der Waals surface area (Å²) in [5, 5.41) is 12.1. The Labute approximate surface area is 140 Å². The second-order valence-electron chi connectivity index (χ2n) is 6.05. The number of carbonyl (C=O) groups excluding carboxylic acids is 1. The minimum Gasteiger partial charge on any atom is -0.369 e. The molecule has 3 rings (SSSR count). The maximum atomic E-state index is 13.7. The Hall–Kier alpha value is -2.87. The first-order valence-electron chi connectivity index (χ1n) is 7.88. The van der Waals surface area contributed by atoms with Gasteiger partial charge in [0.1, 0.15) is 17.4 Å². The molecule has 1 fully saturated rings. The molecule has 1 amide bonds. The summed E-state index contributed by atoms with van der Waals surface area (Å²) in [5.74, 6) is -0.566. The van der Waals surface area contributed by atoms with Gasteiger partial charge in [0, 0.05) is 25.2 Å². The van der Waals surface area contributed by atoms with Gasteiger partial charge < -0.3 is 10.2 Å². The van der Waals surface area contributed by atoms with Crippen molar-refractivity contribution in [3.8, 4) is 6.07 Å². The van der Waals surface area contributed by atoms with Gasteiger partial charge in [-0.2, -0.15) is 5.26 Å². The Morgan fingerprint density at radius 1 is 1.29 bits per heavy atom. The lowest BCUT2D eigenvalue weighted by molar-refractivity contribution is 0.0951. The van der Waals surface area contributed by atoms with Crippen LogP contribution in [0.2, 0.25) is 0 Å². The van der Waals surface area contributed by atoms with Crippen LogP contribution < -0.4 is 10.2 Å². The van der Waals surface area contributed by atoms with Gasteiger partial charge in [-0.25, -0.2) is 4.39 Å². The molecule has 0 aromatic heterocycles. The standard InChI is InChI=1S/C19H18FN3O/c1-23(18-4-2-3-17(20)16(18)11-21)12-13-5-7-14(8-6-13)19(24)22-15-9-10-15/h2-8,15H,9-10,12H2,1H3,(H,22,24). The molecule has 1 saturated carbocycles. The van der Waals surface area contributed by atoms with Crippen LogP contribution in [0.4, 0.5) is 10.1 Å². The molecule has 1 N–H and O–H groups in total. The first-order valence-corrected chi connectivity index (χ1v) is 7.88. The normalized spacial score (nSPS) is 13.2. The van der Waals surface area contributed by atoms with Gasteiger partial charge in [-0.3, -0.25) is 4.79 Å². The molecule has 0 aliphatic heterocycles. The molecule has 4 nitrogen and oxygen atoms in total. The average Bonchev–Trinajstić information content (AvgIpc) is 3.39. The van der Waals surface area contributed by atoms with Crippen molar-refractivity contribution in [2.24, 2.45) is 0 Å². The summed E-state index contributed by atoms with van der Waals surface area (Å²) in [6, 6.07) is 14.2. The summed E-state index contributed by atoms with van der Waals surface area (Å²) in [5.41, 5.74) is 2.21. The van der Waals surface area contributed by atoms with Crippen LogP contribution in [-0.4, -0.2) is 19.0 Å². The molecule has 0 spiro atoms. The van der Waals surface area contributed by atoms with Crippen molar-refractivity contribution in [3.05, 3.63) is 65.0 Å². The van der Waals surface area contributed by atoms with E-state index in [2.05, 4.69) is 5.32 Å². The molecule has 0 unspecified atom stereocenters. The fraction of sp³-hybridized carbons (Fsp3) is 0.263. The summed E-state index contributed by atoms with van der Waals surface area (Å²) in [4.78, 5) is 13.8. The molecule has 1 aliphatic rings. The van der Waals surface area contributed by atoms with Gasteiger partial charge in [0.15, 0.2) is 0 Å². The zero-order valence-electron chi connectivity index (χ0n) is 13.4. The number of anilines is 1. The number of nitrogens with one attached hydrogen (secondary N) is 1. The fourth-order valence-corrected chi connectivity index (χ4v) is 2.56. The van der Waals surface area contributed by atoms with Gasteiger partial charge in [-0.1, -0.05) is 18.2 Å². The highest BCUT2D eigenvalue weighted by atomic mass is 19.1. The fourth-order valence-electron chi connectivity index (χ4n) is 2.56. The number of nitrogens with zero attached hydrogens (tertiary/aromatic N) is 2. The van der Waals surface area contributed by atoms with Gasteiger partial charge in [0.2, 0.25) is 0 Å². The third-order valence-corrected chi connectivity index (χ3v) is 4.06. The van der Waals surface area contributed by atoms with Crippen LogP contribution in [0.5, 0.6) is 0 Å². The number of amides is 1. The van der Waals surface area contributed by atoms with E-state index in [1.165, 1.54) is 6.07 Å². The van der Waals surface area contributed by atoms with E-state index in [4.69, 9.17) is 5.26 Å². The zero-order chi connectivity index (χ0) is 17.1. The van der Waals surface area contributed by atoms with Crippen molar-refractivity contribution in [1.29, 1.82) is 5.26 Å². The molecule has 0 bridgehead atoms. The van der Waals surface area contributed by atoms with Crippen molar-refractivity contribution >= 4 is 11.6 Å². The van der Waals surface area contributed by atoms with Crippen molar-refractivity contribution in [3.63, 3.8) is 0 Å². The second-order valence-corrected chi connectivity index (χ2v) is 6.05. The molecule has 0 heterocycles. The van der Waals surface area contributed by atoms with Crippen LogP contribution >= 0.6 is 0 Å². The van der Waals surface area contributed by atoms with Crippen LogP contribution in [0.1, 0.15) is 34.3 Å². The maximum Gasteiger partial charge on any atom is 0.251 e. The van der Waals surface area contributed by atoms with Gasteiger partial charge in [0.25, 0.3) is 5.91 Å². The van der Waals surface area contributed by atoms with E-state index in [0.717, 1.165) is 18.4 Å². The Morgan fingerprint density at radius 2 is 2.00 bits per heavy atom. The van der Waals surface area contributed by atoms with Crippen LogP contribution in [0.3, 0.4) is 0 Å². The third-order valence-electron chi connectivity index (χ3n) is 4.06. The molecule has 2 aromatic rings. The SMILES string of the molecule is CN(Cc1ccc(C(=O)NC2CC2)cc1)c1cccc(F)c1C#N. The molecule has 2 aromatic carbocycles. The van der Waals surface area contributed by atoms with Crippen LogP contribution in [-0.2, 0) is 6.54 Å². The van der Waals surface area contributed by atoms with Crippen molar-refractivity contribution in [1.82, 2.24) is 5.32 Å². The highest BCUT2D eigenvalue weighted by Crippen LogP contribution is 2.23.